The Morgan fingerprint density at radius 1 is 1.50 bits per heavy atom. The van der Waals surface area contributed by atoms with Crippen LogP contribution >= 0.6 is 11.6 Å². The number of rotatable bonds is 5. The van der Waals surface area contributed by atoms with Gasteiger partial charge in [0.05, 0.1) is 5.92 Å². The molecule has 0 spiro atoms. The fourth-order valence-electron chi connectivity index (χ4n) is 2.58. The van der Waals surface area contributed by atoms with E-state index in [0.29, 0.717) is 10.8 Å². The lowest BCUT2D eigenvalue weighted by atomic mass is 9.85. The molecule has 1 aliphatic rings. The predicted octanol–water partition coefficient (Wildman–Crippen LogP) is 2.76. The molecule has 1 heterocycles. The molecule has 5 heteroatoms. The number of benzene rings is 1. The minimum absolute atomic E-state index is 0.183. The zero-order valence-corrected chi connectivity index (χ0v) is 12.3. The van der Waals surface area contributed by atoms with Crippen LogP contribution in [0.3, 0.4) is 0 Å². The van der Waals surface area contributed by atoms with Crippen LogP contribution in [-0.4, -0.2) is 42.7 Å². The van der Waals surface area contributed by atoms with E-state index in [2.05, 4.69) is 11.9 Å². The minimum atomic E-state index is -0.776. The fraction of sp³-hybridized carbons (Fsp3) is 0.533. The summed E-state index contributed by atoms with van der Waals surface area (Å²) in [6, 6.07) is 7.05. The van der Waals surface area contributed by atoms with Gasteiger partial charge in [-0.25, -0.2) is 0 Å². The van der Waals surface area contributed by atoms with Crippen molar-refractivity contribution in [3.8, 4) is 5.75 Å². The number of hydrogen-bond donors (Lipinski definition) is 1. The van der Waals surface area contributed by atoms with Gasteiger partial charge in [-0.1, -0.05) is 17.7 Å². The molecule has 0 saturated carbocycles. The van der Waals surface area contributed by atoms with Crippen LogP contribution in [0.4, 0.5) is 0 Å². The highest BCUT2D eigenvalue weighted by Gasteiger charge is 2.31. The van der Waals surface area contributed by atoms with E-state index in [1.807, 2.05) is 0 Å². The van der Waals surface area contributed by atoms with E-state index in [4.69, 9.17) is 16.3 Å². The largest absolute Gasteiger partial charge is 0.493 e. The molecule has 20 heavy (non-hydrogen) atoms. The summed E-state index contributed by atoms with van der Waals surface area (Å²) in [5.41, 5.74) is 0. The van der Waals surface area contributed by atoms with Crippen molar-refractivity contribution < 1.29 is 14.6 Å². The Labute approximate surface area is 124 Å². The quantitative estimate of drug-likeness (QED) is 0.908. The Bertz CT molecular complexity index is 458. The van der Waals surface area contributed by atoms with Crippen molar-refractivity contribution in [3.05, 3.63) is 29.3 Å². The topological polar surface area (TPSA) is 49.8 Å². The number of halogens is 1. The Hall–Kier alpha value is -1.26. The molecule has 0 amide bonds. The highest BCUT2D eigenvalue weighted by Crippen LogP contribution is 2.26. The smallest absolute Gasteiger partial charge is 0.310 e. The summed E-state index contributed by atoms with van der Waals surface area (Å²) in [5, 5.41) is 10.00. The molecule has 1 aromatic carbocycles. The molecule has 1 unspecified atom stereocenters. The Balaban J connectivity index is 1.94. The number of nitrogens with zero attached hydrogens (tertiary/aromatic N) is 1. The van der Waals surface area contributed by atoms with Gasteiger partial charge in [-0.3, -0.25) is 4.79 Å². The van der Waals surface area contributed by atoms with Gasteiger partial charge in [-0.15, -0.1) is 0 Å². The molecule has 1 aromatic rings. The molecule has 0 aliphatic carbocycles. The molecule has 0 bridgehead atoms. The third-order valence-corrected chi connectivity index (χ3v) is 4.11. The number of carboxylic acids is 1. The third-order valence-electron chi connectivity index (χ3n) is 3.88. The normalized spacial score (nSPS) is 18.7. The second-order valence-electron chi connectivity index (χ2n) is 5.35. The second-order valence-corrected chi connectivity index (χ2v) is 5.79. The van der Waals surface area contributed by atoms with Gasteiger partial charge in [-0.2, -0.15) is 0 Å². The molecule has 0 radical (unpaired) electrons. The van der Waals surface area contributed by atoms with E-state index in [9.17, 15) is 9.90 Å². The lowest BCUT2D eigenvalue weighted by Crippen LogP contribution is -2.38. The van der Waals surface area contributed by atoms with E-state index in [0.717, 1.165) is 25.9 Å². The van der Waals surface area contributed by atoms with Gasteiger partial charge < -0.3 is 14.7 Å². The first-order valence-corrected chi connectivity index (χ1v) is 7.24. The van der Waals surface area contributed by atoms with Crippen LogP contribution in [-0.2, 0) is 4.79 Å². The predicted molar refractivity (Wildman–Crippen MR) is 78.3 cm³/mol. The molecular weight excluding hydrogens is 278 g/mol. The van der Waals surface area contributed by atoms with Crippen LogP contribution in [0.25, 0.3) is 0 Å². The van der Waals surface area contributed by atoms with Crippen LogP contribution in [0.2, 0.25) is 5.02 Å². The summed E-state index contributed by atoms with van der Waals surface area (Å²) in [7, 11) is 2.06. The molecule has 2 rings (SSSR count). The van der Waals surface area contributed by atoms with Crippen molar-refractivity contribution >= 4 is 17.6 Å². The monoisotopic (exact) mass is 297 g/mol. The van der Waals surface area contributed by atoms with Crippen molar-refractivity contribution in [1.29, 1.82) is 0 Å². The zero-order valence-electron chi connectivity index (χ0n) is 11.6. The summed E-state index contributed by atoms with van der Waals surface area (Å²) >= 11 is 5.89. The number of aliphatic carboxylic acids is 1. The SMILES string of the molecule is CN1CCC(C(COc2cccc(Cl)c2)C(=O)O)CC1. The maximum Gasteiger partial charge on any atom is 0.310 e. The summed E-state index contributed by atoms with van der Waals surface area (Å²) < 4.78 is 5.61. The van der Waals surface area contributed by atoms with Gasteiger partial charge in [0.15, 0.2) is 0 Å². The first kappa shape index (κ1) is 15.1. The van der Waals surface area contributed by atoms with Crippen LogP contribution in [0.1, 0.15) is 12.8 Å². The van der Waals surface area contributed by atoms with Crippen molar-refractivity contribution in [3.63, 3.8) is 0 Å². The first-order chi connectivity index (χ1) is 9.56. The van der Waals surface area contributed by atoms with E-state index in [1.54, 1.807) is 24.3 Å². The second kappa shape index (κ2) is 6.95. The van der Waals surface area contributed by atoms with Crippen molar-refractivity contribution in [2.45, 2.75) is 12.8 Å². The molecule has 1 fully saturated rings. The molecule has 1 N–H and O–H groups in total. The van der Waals surface area contributed by atoms with Gasteiger partial charge in [-0.05, 0) is 57.1 Å². The summed E-state index contributed by atoms with van der Waals surface area (Å²) in [6.45, 7) is 2.10. The van der Waals surface area contributed by atoms with Crippen LogP contribution in [0.15, 0.2) is 24.3 Å². The maximum atomic E-state index is 11.4. The van der Waals surface area contributed by atoms with Crippen molar-refractivity contribution in [2.75, 3.05) is 26.7 Å². The Kier molecular flexibility index (Phi) is 5.26. The van der Waals surface area contributed by atoms with Crippen molar-refractivity contribution in [1.82, 2.24) is 4.90 Å². The average Bonchev–Trinajstić information content (AvgIpc) is 2.41. The summed E-state index contributed by atoms with van der Waals surface area (Å²) in [6.07, 6.45) is 1.82. The fourth-order valence-corrected chi connectivity index (χ4v) is 2.76. The van der Waals surface area contributed by atoms with Crippen LogP contribution < -0.4 is 4.74 Å². The molecule has 1 saturated heterocycles. The van der Waals surface area contributed by atoms with E-state index < -0.39 is 11.9 Å². The number of likely N-dealkylation sites (tertiary alicyclic amines) is 1. The van der Waals surface area contributed by atoms with E-state index in [-0.39, 0.29) is 12.5 Å². The molecule has 0 aromatic heterocycles. The van der Waals surface area contributed by atoms with Crippen LogP contribution in [0.5, 0.6) is 5.75 Å². The zero-order chi connectivity index (χ0) is 14.5. The number of piperidine rings is 1. The molecule has 1 atom stereocenters. The summed E-state index contributed by atoms with van der Waals surface area (Å²) in [5.74, 6) is -0.427. The van der Waals surface area contributed by atoms with E-state index in [1.165, 1.54) is 0 Å². The average molecular weight is 298 g/mol. The molecule has 110 valence electrons. The summed E-state index contributed by atoms with van der Waals surface area (Å²) in [4.78, 5) is 13.7. The number of hydrogen-bond acceptors (Lipinski definition) is 3. The highest BCUT2D eigenvalue weighted by molar-refractivity contribution is 6.30. The minimum Gasteiger partial charge on any atom is -0.493 e. The lowest BCUT2D eigenvalue weighted by Gasteiger charge is -2.32. The standard InChI is InChI=1S/C15H20ClNO3/c1-17-7-5-11(6-8-17)14(15(18)19)10-20-13-4-2-3-12(16)9-13/h2-4,9,11,14H,5-8,10H2,1H3,(H,18,19). The molecular formula is C15H20ClNO3. The third kappa shape index (κ3) is 4.12. The number of carbonyl (C=O) groups is 1. The Morgan fingerprint density at radius 3 is 2.80 bits per heavy atom. The van der Waals surface area contributed by atoms with Gasteiger partial charge in [0, 0.05) is 5.02 Å². The van der Waals surface area contributed by atoms with Gasteiger partial charge in [0.25, 0.3) is 0 Å². The lowest BCUT2D eigenvalue weighted by molar-refractivity contribution is -0.145. The first-order valence-electron chi connectivity index (χ1n) is 6.86. The van der Waals surface area contributed by atoms with Gasteiger partial charge >= 0.3 is 5.97 Å². The van der Waals surface area contributed by atoms with Crippen LogP contribution in [0, 0.1) is 11.8 Å². The highest BCUT2D eigenvalue weighted by atomic mass is 35.5. The molecule has 4 nitrogen and oxygen atoms in total. The Morgan fingerprint density at radius 2 is 2.20 bits per heavy atom. The van der Waals surface area contributed by atoms with Crippen molar-refractivity contribution in [2.24, 2.45) is 11.8 Å². The number of carboxylic acid groups (broad SMARTS) is 1. The molecule has 1 aliphatic heterocycles. The number of ether oxygens (including phenoxy) is 1. The maximum absolute atomic E-state index is 11.4. The van der Waals surface area contributed by atoms with Gasteiger partial charge in [0.2, 0.25) is 0 Å². The van der Waals surface area contributed by atoms with Gasteiger partial charge in [0.1, 0.15) is 12.4 Å². The van der Waals surface area contributed by atoms with E-state index >= 15 is 0 Å².